The van der Waals surface area contributed by atoms with Crippen molar-refractivity contribution in [3.8, 4) is 0 Å². The standard InChI is InChI=1S/C29H59NO12Si/c1-29(2,3)43(4,5)42-26-25-41-24-23-40-22-21-39-20-19-38-18-17-37-16-15-36-14-13-35-12-11-34-10-6-9-30-27(31)7-8-28(32)33/h6-26H2,1-5H3,(H,30,31)(H,32,33). The molecule has 0 bridgehead atoms. The van der Waals surface area contributed by atoms with Gasteiger partial charge in [0.1, 0.15) is 0 Å². The number of ether oxygens (including phenoxy) is 8. The molecule has 256 valence electrons. The van der Waals surface area contributed by atoms with Gasteiger partial charge < -0.3 is 52.7 Å². The summed E-state index contributed by atoms with van der Waals surface area (Å²) in [5.74, 6) is -1.24. The first-order valence-corrected chi connectivity index (χ1v) is 18.2. The Balaban J connectivity index is 3.17. The molecule has 1 amide bonds. The molecule has 0 saturated carbocycles. The van der Waals surface area contributed by atoms with Gasteiger partial charge in [0, 0.05) is 19.6 Å². The summed E-state index contributed by atoms with van der Waals surface area (Å²) in [7, 11) is -1.70. The highest BCUT2D eigenvalue weighted by Gasteiger charge is 2.36. The van der Waals surface area contributed by atoms with Crippen LogP contribution in [0.15, 0.2) is 0 Å². The van der Waals surface area contributed by atoms with Gasteiger partial charge in [0.05, 0.1) is 112 Å². The predicted molar refractivity (Wildman–Crippen MR) is 164 cm³/mol. The van der Waals surface area contributed by atoms with E-state index in [-0.39, 0.29) is 23.8 Å². The van der Waals surface area contributed by atoms with Gasteiger partial charge in [-0.1, -0.05) is 20.8 Å². The molecule has 0 aromatic rings. The number of rotatable bonds is 32. The molecule has 0 aliphatic heterocycles. The van der Waals surface area contributed by atoms with Crippen LogP contribution in [0.2, 0.25) is 18.1 Å². The molecule has 13 nitrogen and oxygen atoms in total. The van der Waals surface area contributed by atoms with Crippen molar-refractivity contribution in [3.05, 3.63) is 0 Å². The topological polar surface area (TPSA) is 149 Å². The van der Waals surface area contributed by atoms with E-state index in [1.54, 1.807) is 0 Å². The summed E-state index contributed by atoms with van der Waals surface area (Å²) in [6.07, 6.45) is 0.489. The van der Waals surface area contributed by atoms with Crippen LogP contribution in [0.4, 0.5) is 0 Å². The van der Waals surface area contributed by atoms with Gasteiger partial charge in [-0.15, -0.1) is 0 Å². The first-order valence-electron chi connectivity index (χ1n) is 15.3. The summed E-state index contributed by atoms with van der Waals surface area (Å²) in [6, 6.07) is 0. The minimum atomic E-state index is -1.70. The lowest BCUT2D eigenvalue weighted by Gasteiger charge is -2.36. The Morgan fingerprint density at radius 1 is 0.558 bits per heavy atom. The monoisotopic (exact) mass is 641 g/mol. The number of carboxylic acids is 1. The summed E-state index contributed by atoms with van der Waals surface area (Å²) >= 11 is 0. The van der Waals surface area contributed by atoms with Crippen LogP contribution < -0.4 is 5.32 Å². The molecule has 0 rings (SSSR count). The molecule has 0 saturated heterocycles. The Bertz CT molecular complexity index is 664. The fourth-order valence-corrected chi connectivity index (χ4v) is 3.95. The SMILES string of the molecule is CC(C)(C)[Si](C)(C)OCCOCCOCCOCCOCCOCCOCCOCCOCCCNC(=O)CCC(=O)O. The summed E-state index contributed by atoms with van der Waals surface area (Å²) in [5.41, 5.74) is 0. The lowest BCUT2D eigenvalue weighted by atomic mass is 10.2. The molecule has 0 aliphatic carbocycles. The van der Waals surface area contributed by atoms with Crippen molar-refractivity contribution in [1.29, 1.82) is 0 Å². The van der Waals surface area contributed by atoms with E-state index in [9.17, 15) is 9.59 Å². The number of carbonyl (C=O) groups is 2. The molecule has 0 aromatic carbocycles. The second-order valence-corrected chi connectivity index (χ2v) is 15.9. The maximum Gasteiger partial charge on any atom is 0.303 e. The lowest BCUT2D eigenvalue weighted by Crippen LogP contribution is -2.41. The van der Waals surface area contributed by atoms with Crippen molar-refractivity contribution in [2.75, 3.05) is 119 Å². The fraction of sp³-hybridized carbons (Fsp3) is 0.931. The van der Waals surface area contributed by atoms with Crippen molar-refractivity contribution in [2.45, 2.75) is 58.2 Å². The van der Waals surface area contributed by atoms with Gasteiger partial charge in [-0.3, -0.25) is 9.59 Å². The Hall–Kier alpha value is -1.20. The average Bonchev–Trinajstić information content (AvgIpc) is 2.94. The van der Waals surface area contributed by atoms with Gasteiger partial charge in [0.15, 0.2) is 8.32 Å². The maximum atomic E-state index is 11.4. The molecule has 43 heavy (non-hydrogen) atoms. The highest BCUT2D eigenvalue weighted by atomic mass is 28.4. The smallest absolute Gasteiger partial charge is 0.303 e. The zero-order valence-electron chi connectivity index (χ0n) is 27.3. The summed E-state index contributed by atoms with van der Waals surface area (Å²) < 4.78 is 49.8. The molecule has 0 radical (unpaired) electrons. The highest BCUT2D eigenvalue weighted by Crippen LogP contribution is 2.36. The number of amides is 1. The molecule has 0 aliphatic rings. The minimum absolute atomic E-state index is 0.00657. The fourth-order valence-electron chi connectivity index (χ4n) is 2.92. The average molecular weight is 642 g/mol. The van der Waals surface area contributed by atoms with Gasteiger partial charge >= 0.3 is 5.97 Å². The lowest BCUT2D eigenvalue weighted by molar-refractivity contribution is -0.138. The molecule has 0 atom stereocenters. The van der Waals surface area contributed by atoms with E-state index in [2.05, 4.69) is 39.2 Å². The molecule has 0 unspecified atom stereocenters. The second kappa shape index (κ2) is 28.3. The molecule has 0 aromatic heterocycles. The van der Waals surface area contributed by atoms with Gasteiger partial charge in [0.2, 0.25) is 5.91 Å². The van der Waals surface area contributed by atoms with Gasteiger partial charge in [0.25, 0.3) is 0 Å². The summed E-state index contributed by atoms with van der Waals surface area (Å²) in [4.78, 5) is 21.7. The Morgan fingerprint density at radius 3 is 1.21 bits per heavy atom. The second-order valence-electron chi connectivity index (χ2n) is 11.1. The van der Waals surface area contributed by atoms with E-state index in [1.807, 2.05) is 0 Å². The van der Waals surface area contributed by atoms with E-state index >= 15 is 0 Å². The molecule has 0 fully saturated rings. The van der Waals surface area contributed by atoms with Crippen molar-refractivity contribution >= 4 is 20.2 Å². The summed E-state index contributed by atoms with van der Waals surface area (Å²) in [6.45, 7) is 20.3. The molecule has 14 heteroatoms. The van der Waals surface area contributed by atoms with Crippen molar-refractivity contribution < 1.29 is 57.0 Å². The zero-order valence-corrected chi connectivity index (χ0v) is 28.3. The first-order chi connectivity index (χ1) is 20.6. The van der Waals surface area contributed by atoms with Crippen LogP contribution in [0.25, 0.3) is 0 Å². The van der Waals surface area contributed by atoms with Crippen LogP contribution in [-0.4, -0.2) is 144 Å². The molecular formula is C29H59NO12Si. The number of carbonyl (C=O) groups excluding carboxylic acids is 1. The third kappa shape index (κ3) is 29.3. The maximum absolute atomic E-state index is 11.4. The third-order valence-corrected chi connectivity index (χ3v) is 11.0. The quantitative estimate of drug-likeness (QED) is 0.0821. The summed E-state index contributed by atoms with van der Waals surface area (Å²) in [5, 5.41) is 11.4. The number of nitrogens with one attached hydrogen (secondary N) is 1. The Kier molecular flexibility index (Phi) is 27.5. The van der Waals surface area contributed by atoms with Crippen molar-refractivity contribution in [3.63, 3.8) is 0 Å². The molecule has 0 spiro atoms. The van der Waals surface area contributed by atoms with Crippen LogP contribution in [0.3, 0.4) is 0 Å². The first kappa shape index (κ1) is 41.8. The molecular weight excluding hydrogens is 582 g/mol. The highest BCUT2D eigenvalue weighted by molar-refractivity contribution is 6.74. The Labute approximate surface area is 259 Å². The van der Waals surface area contributed by atoms with E-state index in [1.165, 1.54) is 0 Å². The van der Waals surface area contributed by atoms with Crippen LogP contribution in [-0.2, 0) is 51.9 Å². The van der Waals surface area contributed by atoms with Gasteiger partial charge in [-0.2, -0.15) is 0 Å². The Morgan fingerprint density at radius 2 is 0.884 bits per heavy atom. The third-order valence-electron chi connectivity index (χ3n) is 6.45. The van der Waals surface area contributed by atoms with Crippen LogP contribution >= 0.6 is 0 Å². The van der Waals surface area contributed by atoms with E-state index in [0.717, 1.165) is 0 Å². The van der Waals surface area contributed by atoms with Crippen molar-refractivity contribution in [2.24, 2.45) is 0 Å². The van der Waals surface area contributed by atoms with Crippen LogP contribution in [0.5, 0.6) is 0 Å². The van der Waals surface area contributed by atoms with Gasteiger partial charge in [-0.25, -0.2) is 0 Å². The van der Waals surface area contributed by atoms with E-state index < -0.39 is 14.3 Å². The minimum Gasteiger partial charge on any atom is -0.481 e. The van der Waals surface area contributed by atoms with Crippen molar-refractivity contribution in [1.82, 2.24) is 5.32 Å². The number of hydrogen-bond donors (Lipinski definition) is 2. The largest absolute Gasteiger partial charge is 0.481 e. The van der Waals surface area contributed by atoms with Crippen LogP contribution in [0.1, 0.15) is 40.0 Å². The van der Waals surface area contributed by atoms with E-state index in [4.69, 9.17) is 47.4 Å². The normalized spacial score (nSPS) is 12.1. The molecule has 2 N–H and O–H groups in total. The number of hydrogen-bond acceptors (Lipinski definition) is 11. The van der Waals surface area contributed by atoms with E-state index in [0.29, 0.717) is 125 Å². The molecule has 0 heterocycles. The van der Waals surface area contributed by atoms with Crippen LogP contribution in [0, 0.1) is 0 Å². The van der Waals surface area contributed by atoms with Gasteiger partial charge in [-0.05, 0) is 24.6 Å². The number of aliphatic carboxylic acids is 1. The predicted octanol–water partition coefficient (Wildman–Crippen LogP) is 2.51. The zero-order chi connectivity index (χ0) is 32.1. The number of carboxylic acid groups (broad SMARTS) is 1.